The third kappa shape index (κ3) is 1.16. The molecule has 0 radical (unpaired) electrons. The predicted octanol–water partition coefficient (Wildman–Crippen LogP) is 2.82. The molecule has 0 saturated carbocycles. The molecule has 1 aromatic heterocycles. The number of furan rings is 1. The Bertz CT molecular complexity index is 456. The summed E-state index contributed by atoms with van der Waals surface area (Å²) in [6.45, 7) is 0. The molecule has 1 aromatic carbocycles. The number of nitrogens with zero attached hydrogens (tertiary/aromatic N) is 1. The zero-order valence-corrected chi connectivity index (χ0v) is 7.55. The number of aliphatic imine (C=N–C) groups is 1. The third-order valence-corrected chi connectivity index (χ3v) is 2.35. The van der Waals surface area contributed by atoms with Gasteiger partial charge in [-0.3, -0.25) is 4.99 Å². The van der Waals surface area contributed by atoms with Crippen molar-refractivity contribution < 1.29 is 4.42 Å². The molecule has 0 amide bonds. The Hall–Kier alpha value is -1.83. The minimum absolute atomic E-state index is 0.224. The number of rotatable bonds is 2. The van der Waals surface area contributed by atoms with Crippen molar-refractivity contribution >= 4 is 5.71 Å². The predicted molar refractivity (Wildman–Crippen MR) is 54.4 cm³/mol. The second-order valence-corrected chi connectivity index (χ2v) is 3.30. The Morgan fingerprint density at radius 2 is 1.86 bits per heavy atom. The SMILES string of the molecule is c1ccc([C@H]2N=C2c2ccco2)cc1. The van der Waals surface area contributed by atoms with E-state index in [0.29, 0.717) is 0 Å². The standard InChI is InChI=1S/C12H9NO/c1-2-5-9(6-3-1)11-12(13-11)10-7-4-8-14-10/h1-8,11H/t11-/m1/s1. The van der Waals surface area contributed by atoms with Gasteiger partial charge in [0.15, 0.2) is 0 Å². The molecule has 1 atom stereocenters. The van der Waals surface area contributed by atoms with Crippen LogP contribution in [0.3, 0.4) is 0 Å². The number of hydrogen-bond donors (Lipinski definition) is 0. The van der Waals surface area contributed by atoms with Crippen molar-refractivity contribution in [2.75, 3.05) is 0 Å². The Morgan fingerprint density at radius 1 is 1.00 bits per heavy atom. The van der Waals surface area contributed by atoms with Crippen LogP contribution in [0, 0.1) is 0 Å². The van der Waals surface area contributed by atoms with E-state index in [0.717, 1.165) is 11.5 Å². The molecule has 1 aliphatic heterocycles. The fourth-order valence-corrected chi connectivity index (χ4v) is 1.59. The highest BCUT2D eigenvalue weighted by atomic mass is 16.3. The minimum atomic E-state index is 0.224. The van der Waals surface area contributed by atoms with Gasteiger partial charge in [0.1, 0.15) is 17.5 Å². The summed E-state index contributed by atoms with van der Waals surface area (Å²) in [5, 5.41) is 0. The number of benzene rings is 1. The van der Waals surface area contributed by atoms with Crippen LogP contribution in [0.2, 0.25) is 0 Å². The summed E-state index contributed by atoms with van der Waals surface area (Å²) in [4.78, 5) is 4.39. The van der Waals surface area contributed by atoms with Gasteiger partial charge in [0.05, 0.1) is 6.26 Å². The van der Waals surface area contributed by atoms with Crippen molar-refractivity contribution in [3.05, 3.63) is 60.1 Å². The Labute approximate surface area is 81.9 Å². The molecule has 68 valence electrons. The zero-order valence-electron chi connectivity index (χ0n) is 7.55. The topological polar surface area (TPSA) is 25.5 Å². The minimum Gasteiger partial charge on any atom is -0.463 e. The van der Waals surface area contributed by atoms with Crippen LogP contribution in [0.1, 0.15) is 17.4 Å². The molecule has 2 heterocycles. The molecular formula is C12H9NO. The van der Waals surface area contributed by atoms with E-state index in [-0.39, 0.29) is 6.04 Å². The van der Waals surface area contributed by atoms with Crippen LogP contribution in [-0.4, -0.2) is 5.71 Å². The monoisotopic (exact) mass is 183 g/mol. The molecule has 0 aliphatic carbocycles. The van der Waals surface area contributed by atoms with Crippen LogP contribution in [0.4, 0.5) is 0 Å². The maximum Gasteiger partial charge on any atom is 0.150 e. The maximum absolute atomic E-state index is 5.28. The first-order valence-corrected chi connectivity index (χ1v) is 4.62. The summed E-state index contributed by atoms with van der Waals surface area (Å²) in [5.41, 5.74) is 2.29. The molecule has 1 aliphatic rings. The van der Waals surface area contributed by atoms with Crippen LogP contribution in [0.5, 0.6) is 0 Å². The summed E-state index contributed by atoms with van der Waals surface area (Å²) in [7, 11) is 0. The van der Waals surface area contributed by atoms with E-state index < -0.39 is 0 Å². The van der Waals surface area contributed by atoms with Gasteiger partial charge in [-0.25, -0.2) is 0 Å². The van der Waals surface area contributed by atoms with Gasteiger partial charge in [0.2, 0.25) is 0 Å². The molecule has 0 N–H and O–H groups in total. The normalized spacial score (nSPS) is 19.1. The Balaban J connectivity index is 1.83. The van der Waals surface area contributed by atoms with Crippen molar-refractivity contribution in [3.8, 4) is 0 Å². The quantitative estimate of drug-likeness (QED) is 0.702. The summed E-state index contributed by atoms with van der Waals surface area (Å²) < 4.78 is 5.28. The zero-order chi connectivity index (χ0) is 9.38. The molecule has 14 heavy (non-hydrogen) atoms. The van der Waals surface area contributed by atoms with Gasteiger partial charge < -0.3 is 4.42 Å². The first-order chi connectivity index (χ1) is 6.95. The van der Waals surface area contributed by atoms with Gasteiger partial charge in [-0.05, 0) is 17.7 Å². The average molecular weight is 183 g/mol. The summed E-state index contributed by atoms with van der Waals surface area (Å²) in [6.07, 6.45) is 1.68. The molecule has 0 spiro atoms. The van der Waals surface area contributed by atoms with Crippen LogP contribution >= 0.6 is 0 Å². The van der Waals surface area contributed by atoms with Gasteiger partial charge in [-0.1, -0.05) is 30.3 Å². The third-order valence-electron chi connectivity index (χ3n) is 2.35. The largest absolute Gasteiger partial charge is 0.463 e. The van der Waals surface area contributed by atoms with Gasteiger partial charge in [0, 0.05) is 0 Å². The molecule has 0 fully saturated rings. The fourth-order valence-electron chi connectivity index (χ4n) is 1.59. The Morgan fingerprint density at radius 3 is 2.57 bits per heavy atom. The molecule has 0 unspecified atom stereocenters. The van der Waals surface area contributed by atoms with Crippen molar-refractivity contribution in [2.24, 2.45) is 4.99 Å². The lowest BCUT2D eigenvalue weighted by Crippen LogP contribution is -1.90. The highest BCUT2D eigenvalue weighted by Gasteiger charge is 2.32. The fraction of sp³-hybridized carbons (Fsp3) is 0.0833. The number of hydrogen-bond acceptors (Lipinski definition) is 2. The van der Waals surface area contributed by atoms with Crippen LogP contribution in [0.15, 0.2) is 58.1 Å². The highest BCUT2D eigenvalue weighted by Crippen LogP contribution is 2.34. The lowest BCUT2D eigenvalue weighted by molar-refractivity contribution is 0.559. The summed E-state index contributed by atoms with van der Waals surface area (Å²) in [5.74, 6) is 0.888. The van der Waals surface area contributed by atoms with Gasteiger partial charge in [-0.2, -0.15) is 0 Å². The summed E-state index contributed by atoms with van der Waals surface area (Å²) >= 11 is 0. The molecule has 3 rings (SSSR count). The molecule has 2 nitrogen and oxygen atoms in total. The van der Waals surface area contributed by atoms with Crippen LogP contribution in [0.25, 0.3) is 0 Å². The van der Waals surface area contributed by atoms with E-state index >= 15 is 0 Å². The lowest BCUT2D eigenvalue weighted by Gasteiger charge is -1.94. The van der Waals surface area contributed by atoms with Crippen LogP contribution in [-0.2, 0) is 0 Å². The van der Waals surface area contributed by atoms with E-state index in [2.05, 4.69) is 17.1 Å². The second kappa shape index (κ2) is 2.84. The van der Waals surface area contributed by atoms with E-state index in [4.69, 9.17) is 4.42 Å². The van der Waals surface area contributed by atoms with Crippen molar-refractivity contribution in [2.45, 2.75) is 6.04 Å². The lowest BCUT2D eigenvalue weighted by atomic mass is 10.1. The van der Waals surface area contributed by atoms with E-state index in [1.807, 2.05) is 30.3 Å². The first-order valence-electron chi connectivity index (χ1n) is 4.62. The Kier molecular flexibility index (Phi) is 1.53. The smallest absolute Gasteiger partial charge is 0.150 e. The summed E-state index contributed by atoms with van der Waals surface area (Å²) in [6, 6.07) is 14.3. The molecule has 2 heteroatoms. The van der Waals surface area contributed by atoms with E-state index in [9.17, 15) is 0 Å². The van der Waals surface area contributed by atoms with E-state index in [1.165, 1.54) is 5.56 Å². The molecular weight excluding hydrogens is 174 g/mol. The second-order valence-electron chi connectivity index (χ2n) is 3.30. The highest BCUT2D eigenvalue weighted by molar-refractivity contribution is 6.11. The first kappa shape index (κ1) is 7.56. The van der Waals surface area contributed by atoms with Crippen molar-refractivity contribution in [1.82, 2.24) is 0 Å². The van der Waals surface area contributed by atoms with Gasteiger partial charge in [0.25, 0.3) is 0 Å². The molecule has 0 saturated heterocycles. The van der Waals surface area contributed by atoms with Gasteiger partial charge in [-0.15, -0.1) is 0 Å². The average Bonchev–Trinajstić information content (AvgIpc) is 2.87. The molecule has 2 aromatic rings. The van der Waals surface area contributed by atoms with Crippen molar-refractivity contribution in [1.29, 1.82) is 0 Å². The van der Waals surface area contributed by atoms with Crippen molar-refractivity contribution in [3.63, 3.8) is 0 Å². The van der Waals surface area contributed by atoms with E-state index in [1.54, 1.807) is 6.26 Å². The molecule has 0 bridgehead atoms. The maximum atomic E-state index is 5.28. The van der Waals surface area contributed by atoms with Crippen LogP contribution < -0.4 is 0 Å². The van der Waals surface area contributed by atoms with Gasteiger partial charge >= 0.3 is 0 Å².